The van der Waals surface area contributed by atoms with Gasteiger partial charge in [0, 0.05) is 60.5 Å². The van der Waals surface area contributed by atoms with Gasteiger partial charge in [-0.05, 0) is 25.1 Å². The van der Waals surface area contributed by atoms with E-state index in [0.29, 0.717) is 28.8 Å². The maximum absolute atomic E-state index is 15.3. The van der Waals surface area contributed by atoms with Gasteiger partial charge in [-0.15, -0.1) is 0 Å². The molecular weight excluding hydrogens is 494 g/mol. The molecule has 188 valence electrons. The molecule has 2 N–H and O–H groups in total. The second kappa shape index (κ2) is 9.95. The molecule has 3 heterocycles. The lowest BCUT2D eigenvalue weighted by Gasteiger charge is -2.17. The molecule has 4 aromatic rings. The van der Waals surface area contributed by atoms with Crippen LogP contribution in [0, 0.1) is 11.6 Å². The van der Waals surface area contributed by atoms with Crippen LogP contribution >= 0.6 is 0 Å². The number of ketones is 1. The molecule has 1 aromatic carbocycles. The van der Waals surface area contributed by atoms with Crippen LogP contribution < -0.4 is 9.46 Å². The fourth-order valence-electron chi connectivity index (χ4n) is 3.38. The molecule has 0 spiro atoms. The van der Waals surface area contributed by atoms with E-state index in [1.807, 2.05) is 4.72 Å². The maximum atomic E-state index is 15.3. The van der Waals surface area contributed by atoms with E-state index in [-0.39, 0.29) is 18.1 Å². The van der Waals surface area contributed by atoms with Crippen molar-refractivity contribution in [3.63, 3.8) is 0 Å². The first-order chi connectivity index (χ1) is 17.2. The highest BCUT2D eigenvalue weighted by Gasteiger charge is 2.27. The number of carbonyl (C=O) groups excluding carboxylic acids is 1. The average Bonchev–Trinajstić information content (AvgIpc) is 3.29. The number of fused-ring (bicyclic) bond motifs is 1. The Kier molecular flexibility index (Phi) is 6.95. The largest absolute Gasteiger partial charge is 0.464 e. The Morgan fingerprint density at radius 3 is 2.47 bits per heavy atom. The molecule has 0 amide bonds. The van der Waals surface area contributed by atoms with Crippen molar-refractivity contribution in [2.45, 2.75) is 13.8 Å². The number of halogens is 2. The molecule has 36 heavy (non-hydrogen) atoms. The van der Waals surface area contributed by atoms with Crippen LogP contribution in [0.25, 0.3) is 22.2 Å². The summed E-state index contributed by atoms with van der Waals surface area (Å²) < 4.78 is 62.8. The van der Waals surface area contributed by atoms with Gasteiger partial charge in [0.05, 0.1) is 17.9 Å². The summed E-state index contributed by atoms with van der Waals surface area (Å²) in [7, 11) is -2.81. The minimum absolute atomic E-state index is 0.0466. The zero-order chi connectivity index (χ0) is 26.0. The predicted octanol–water partition coefficient (Wildman–Crippen LogP) is 3.54. The highest BCUT2D eigenvalue weighted by atomic mass is 32.2. The molecule has 0 bridgehead atoms. The number of H-pyrrole nitrogens is 1. The van der Waals surface area contributed by atoms with Crippen LogP contribution in [0.1, 0.15) is 29.8 Å². The van der Waals surface area contributed by atoms with E-state index in [9.17, 15) is 17.6 Å². The molecule has 0 aliphatic rings. The molecule has 10 nitrogen and oxygen atoms in total. The molecule has 0 aliphatic heterocycles. The highest BCUT2D eigenvalue weighted by Crippen LogP contribution is 2.29. The van der Waals surface area contributed by atoms with Crippen LogP contribution in [0.2, 0.25) is 0 Å². The molecule has 4 rings (SSSR count). The number of hydrogen-bond acceptors (Lipinski definition) is 7. The molecule has 0 saturated carbocycles. The van der Waals surface area contributed by atoms with Crippen molar-refractivity contribution in [3.8, 4) is 17.1 Å². The van der Waals surface area contributed by atoms with Crippen LogP contribution in [0.5, 0.6) is 6.01 Å². The van der Waals surface area contributed by atoms with Gasteiger partial charge in [-0.25, -0.2) is 23.7 Å². The first kappa shape index (κ1) is 25.1. The molecule has 0 aliphatic carbocycles. The molecule has 0 fully saturated rings. The Hall–Kier alpha value is -3.97. The third-order valence-corrected chi connectivity index (χ3v) is 6.98. The quantitative estimate of drug-likeness (QED) is 0.326. The van der Waals surface area contributed by atoms with E-state index >= 15 is 4.39 Å². The first-order valence-electron chi connectivity index (χ1n) is 10.8. The Morgan fingerprint density at radius 2 is 1.81 bits per heavy atom. The summed E-state index contributed by atoms with van der Waals surface area (Å²) in [6.07, 6.45) is 5.88. The fourth-order valence-corrected chi connectivity index (χ4v) is 4.31. The monoisotopic (exact) mass is 516 g/mol. The molecular formula is C23H22F2N6O4S. The smallest absolute Gasteiger partial charge is 0.316 e. The van der Waals surface area contributed by atoms with Crippen molar-refractivity contribution in [2.75, 3.05) is 24.9 Å². The standard InChI is InChI=1S/C23H22F2N6O4S/c1-4-31(3)36(33,34)30-18-7-6-17(24)19(20(18)25)21(32)16-12-27-22-15(16)8-13(9-26-22)14-10-28-23(29-11-14)35-5-2/h6-12,30H,4-5H2,1-3H3,(H,26,27). The van der Waals surface area contributed by atoms with Gasteiger partial charge in [-0.1, -0.05) is 6.92 Å². The van der Waals surface area contributed by atoms with Gasteiger partial charge < -0.3 is 9.72 Å². The number of benzene rings is 1. The SMILES string of the molecule is CCOc1ncc(-c2cnc3[nH]cc(C(=O)c4c(F)ccc(NS(=O)(=O)N(C)CC)c4F)c3c2)cn1. The molecule has 0 saturated heterocycles. The first-order valence-corrected chi connectivity index (χ1v) is 12.3. The summed E-state index contributed by atoms with van der Waals surface area (Å²) in [6.45, 7) is 3.92. The van der Waals surface area contributed by atoms with Gasteiger partial charge in [-0.2, -0.15) is 12.7 Å². The van der Waals surface area contributed by atoms with Crippen molar-refractivity contribution in [1.29, 1.82) is 0 Å². The van der Waals surface area contributed by atoms with E-state index in [0.717, 1.165) is 16.4 Å². The van der Waals surface area contributed by atoms with Gasteiger partial charge in [0.25, 0.3) is 0 Å². The number of hydrogen-bond donors (Lipinski definition) is 2. The van der Waals surface area contributed by atoms with Gasteiger partial charge in [0.15, 0.2) is 5.82 Å². The van der Waals surface area contributed by atoms with Crippen molar-refractivity contribution >= 4 is 32.7 Å². The number of aromatic nitrogens is 4. The zero-order valence-corrected chi connectivity index (χ0v) is 20.4. The highest BCUT2D eigenvalue weighted by molar-refractivity contribution is 7.90. The second-order valence-corrected chi connectivity index (χ2v) is 9.42. The number of pyridine rings is 1. The molecule has 13 heteroatoms. The van der Waals surface area contributed by atoms with Crippen LogP contribution in [0.15, 0.2) is 43.0 Å². The van der Waals surface area contributed by atoms with Gasteiger partial charge in [0.2, 0.25) is 5.78 Å². The van der Waals surface area contributed by atoms with E-state index in [2.05, 4.69) is 19.9 Å². The number of carbonyl (C=O) groups is 1. The fraction of sp³-hybridized carbons (Fsp3) is 0.217. The Bertz CT molecular complexity index is 1540. The third-order valence-electron chi connectivity index (χ3n) is 5.42. The van der Waals surface area contributed by atoms with Crippen LogP contribution in [0.3, 0.4) is 0 Å². The van der Waals surface area contributed by atoms with Crippen molar-refractivity contribution in [3.05, 3.63) is 65.7 Å². The summed E-state index contributed by atoms with van der Waals surface area (Å²) in [5.74, 6) is -3.45. The minimum Gasteiger partial charge on any atom is -0.464 e. The number of aromatic amines is 1. The van der Waals surface area contributed by atoms with Gasteiger partial charge in [0.1, 0.15) is 11.5 Å². The van der Waals surface area contributed by atoms with Gasteiger partial charge >= 0.3 is 16.2 Å². The summed E-state index contributed by atoms with van der Waals surface area (Å²) in [5.41, 5.74) is -0.0355. The summed E-state index contributed by atoms with van der Waals surface area (Å²) in [6, 6.07) is 3.57. The zero-order valence-electron chi connectivity index (χ0n) is 19.5. The molecule has 0 radical (unpaired) electrons. The van der Waals surface area contributed by atoms with E-state index in [1.54, 1.807) is 19.9 Å². The lowest BCUT2D eigenvalue weighted by molar-refractivity contribution is 0.103. The van der Waals surface area contributed by atoms with Crippen LogP contribution in [-0.2, 0) is 10.2 Å². The Balaban J connectivity index is 1.74. The molecule has 3 aromatic heterocycles. The lowest BCUT2D eigenvalue weighted by Crippen LogP contribution is -2.32. The summed E-state index contributed by atoms with van der Waals surface area (Å²) in [5, 5.41) is 0.307. The normalized spacial score (nSPS) is 11.7. The van der Waals surface area contributed by atoms with Crippen LogP contribution in [-0.4, -0.2) is 58.6 Å². The number of nitrogens with one attached hydrogen (secondary N) is 2. The minimum atomic E-state index is -4.10. The molecule has 0 atom stereocenters. The Labute approximate surface area is 205 Å². The average molecular weight is 517 g/mol. The van der Waals surface area contributed by atoms with E-state index in [1.165, 1.54) is 31.8 Å². The number of anilines is 1. The third kappa shape index (κ3) is 4.75. The number of ether oxygens (including phenoxy) is 1. The molecule has 0 unspecified atom stereocenters. The van der Waals surface area contributed by atoms with E-state index in [4.69, 9.17) is 4.74 Å². The predicted molar refractivity (Wildman–Crippen MR) is 129 cm³/mol. The topological polar surface area (TPSA) is 130 Å². The summed E-state index contributed by atoms with van der Waals surface area (Å²) in [4.78, 5) is 28.6. The van der Waals surface area contributed by atoms with Crippen molar-refractivity contribution in [2.24, 2.45) is 0 Å². The van der Waals surface area contributed by atoms with Crippen LogP contribution in [0.4, 0.5) is 14.5 Å². The Morgan fingerprint density at radius 1 is 1.11 bits per heavy atom. The number of rotatable bonds is 9. The van der Waals surface area contributed by atoms with Crippen molar-refractivity contribution in [1.82, 2.24) is 24.2 Å². The van der Waals surface area contributed by atoms with E-state index < -0.39 is 38.9 Å². The maximum Gasteiger partial charge on any atom is 0.316 e. The second-order valence-electron chi connectivity index (χ2n) is 7.64. The lowest BCUT2D eigenvalue weighted by atomic mass is 10.0. The summed E-state index contributed by atoms with van der Waals surface area (Å²) >= 11 is 0. The van der Waals surface area contributed by atoms with Crippen molar-refractivity contribution < 1.29 is 26.7 Å². The van der Waals surface area contributed by atoms with Gasteiger partial charge in [-0.3, -0.25) is 9.52 Å². The number of nitrogens with zero attached hydrogens (tertiary/aromatic N) is 4.